The van der Waals surface area contributed by atoms with Crippen LogP contribution in [0, 0.1) is 0 Å². The van der Waals surface area contributed by atoms with Crippen LogP contribution in [0.3, 0.4) is 0 Å². The van der Waals surface area contributed by atoms with Gasteiger partial charge in [-0.3, -0.25) is 4.79 Å². The number of hydrogen-bond acceptors (Lipinski definition) is 3. The molecule has 2 rings (SSSR count). The molecule has 0 saturated heterocycles. The molecule has 22 heavy (non-hydrogen) atoms. The summed E-state index contributed by atoms with van der Waals surface area (Å²) in [7, 11) is 0. The van der Waals surface area contributed by atoms with Crippen molar-refractivity contribution in [3.63, 3.8) is 0 Å². The summed E-state index contributed by atoms with van der Waals surface area (Å²) in [4.78, 5) is 11.8. The lowest BCUT2D eigenvalue weighted by atomic mass is 10.2. The minimum Gasteiger partial charge on any atom is -0.428 e. The van der Waals surface area contributed by atoms with E-state index in [9.17, 15) is 22.4 Å². The van der Waals surface area contributed by atoms with Gasteiger partial charge >= 0.3 is 12.5 Å². The molecular weight excluding hydrogens is 304 g/mol. The molecule has 0 unspecified atom stereocenters. The van der Waals surface area contributed by atoms with Gasteiger partial charge < -0.3 is 4.74 Å². The average Bonchev–Trinajstić information content (AvgIpc) is 2.97. The highest BCUT2D eigenvalue weighted by atomic mass is 19.3. The Balaban J connectivity index is 2.04. The monoisotopic (exact) mass is 318 g/mol. The molecule has 1 aromatic carbocycles. The van der Waals surface area contributed by atoms with Crippen molar-refractivity contribution >= 4 is 11.6 Å². The van der Waals surface area contributed by atoms with Gasteiger partial charge in [0.05, 0.1) is 0 Å². The Hall–Kier alpha value is -2.12. The number of hydrogen-bond donors (Lipinski definition) is 1. The molecule has 1 fully saturated rings. The summed E-state index contributed by atoms with van der Waals surface area (Å²) in [5.41, 5.74) is 3.17. The molecule has 0 aliphatic heterocycles. The SMILES string of the molecule is O=C(NN=C1CCCC1)c1cccc(OC(F)(F)C(F)F)c1. The van der Waals surface area contributed by atoms with E-state index in [0.717, 1.165) is 43.5 Å². The Morgan fingerprint density at radius 3 is 2.59 bits per heavy atom. The van der Waals surface area contributed by atoms with E-state index in [2.05, 4.69) is 15.3 Å². The van der Waals surface area contributed by atoms with Crippen LogP contribution in [0.1, 0.15) is 36.0 Å². The molecule has 1 aliphatic carbocycles. The van der Waals surface area contributed by atoms with Crippen molar-refractivity contribution in [3.8, 4) is 5.75 Å². The molecular formula is C14H14F4N2O2. The van der Waals surface area contributed by atoms with Crippen LogP contribution < -0.4 is 10.2 Å². The van der Waals surface area contributed by atoms with Crippen LogP contribution in [0.15, 0.2) is 29.4 Å². The van der Waals surface area contributed by atoms with E-state index in [-0.39, 0.29) is 5.56 Å². The normalized spacial score (nSPS) is 15.0. The molecule has 1 aliphatic rings. The summed E-state index contributed by atoms with van der Waals surface area (Å²) in [5.74, 6) is -1.14. The first-order valence-corrected chi connectivity index (χ1v) is 6.69. The summed E-state index contributed by atoms with van der Waals surface area (Å²) in [6.07, 6.45) is -4.92. The molecule has 120 valence electrons. The second-order valence-corrected chi connectivity index (χ2v) is 4.82. The molecule has 0 radical (unpaired) electrons. The zero-order valence-corrected chi connectivity index (χ0v) is 11.5. The van der Waals surface area contributed by atoms with Gasteiger partial charge in [-0.2, -0.15) is 22.7 Å². The standard InChI is InChI=1S/C14H14F4N2O2/c15-13(16)14(17,18)22-11-7-3-4-9(8-11)12(21)20-19-10-5-1-2-6-10/h3-4,7-8,13H,1-2,5-6H2,(H,20,21). The van der Waals surface area contributed by atoms with Crippen LogP contribution in [0.2, 0.25) is 0 Å². The number of nitrogens with zero attached hydrogens (tertiary/aromatic N) is 1. The number of carbonyl (C=O) groups is 1. The largest absolute Gasteiger partial charge is 0.461 e. The number of rotatable bonds is 5. The van der Waals surface area contributed by atoms with Crippen molar-refractivity contribution in [1.29, 1.82) is 0 Å². The van der Waals surface area contributed by atoms with E-state index in [1.165, 1.54) is 12.1 Å². The lowest BCUT2D eigenvalue weighted by molar-refractivity contribution is -0.253. The number of nitrogens with one attached hydrogen (secondary N) is 1. The van der Waals surface area contributed by atoms with Crippen LogP contribution in [-0.4, -0.2) is 24.2 Å². The highest BCUT2D eigenvalue weighted by Crippen LogP contribution is 2.27. The van der Waals surface area contributed by atoms with Crippen molar-refractivity contribution in [2.45, 2.75) is 38.2 Å². The number of hydrazone groups is 1. The second kappa shape index (κ2) is 6.76. The van der Waals surface area contributed by atoms with Crippen molar-refractivity contribution in [2.24, 2.45) is 5.10 Å². The predicted octanol–water partition coefficient (Wildman–Crippen LogP) is 3.58. The van der Waals surface area contributed by atoms with Crippen molar-refractivity contribution in [3.05, 3.63) is 29.8 Å². The fourth-order valence-corrected chi connectivity index (χ4v) is 1.99. The van der Waals surface area contributed by atoms with E-state index in [1.54, 1.807) is 0 Å². The van der Waals surface area contributed by atoms with Crippen LogP contribution in [0.5, 0.6) is 5.75 Å². The summed E-state index contributed by atoms with van der Waals surface area (Å²) in [5, 5.41) is 3.94. The topological polar surface area (TPSA) is 50.7 Å². The van der Waals surface area contributed by atoms with Crippen molar-refractivity contribution in [1.82, 2.24) is 5.43 Å². The summed E-state index contributed by atoms with van der Waals surface area (Å²) in [6.45, 7) is 0. The smallest absolute Gasteiger partial charge is 0.428 e. The Morgan fingerprint density at radius 1 is 1.27 bits per heavy atom. The predicted molar refractivity (Wildman–Crippen MR) is 71.4 cm³/mol. The fraction of sp³-hybridized carbons (Fsp3) is 0.429. The summed E-state index contributed by atoms with van der Waals surface area (Å²) >= 11 is 0. The van der Waals surface area contributed by atoms with Crippen LogP contribution in [0.4, 0.5) is 17.6 Å². The van der Waals surface area contributed by atoms with E-state index < -0.39 is 24.2 Å². The van der Waals surface area contributed by atoms with Gasteiger partial charge in [0, 0.05) is 11.3 Å². The quantitative estimate of drug-likeness (QED) is 0.666. The van der Waals surface area contributed by atoms with Crippen molar-refractivity contribution < 1.29 is 27.1 Å². The van der Waals surface area contributed by atoms with Gasteiger partial charge in [0.15, 0.2) is 0 Å². The molecule has 4 nitrogen and oxygen atoms in total. The van der Waals surface area contributed by atoms with Gasteiger partial charge in [0.25, 0.3) is 5.91 Å². The van der Waals surface area contributed by atoms with Crippen molar-refractivity contribution in [2.75, 3.05) is 0 Å². The molecule has 1 N–H and O–H groups in total. The fourth-order valence-electron chi connectivity index (χ4n) is 1.99. The maximum Gasteiger partial charge on any atom is 0.461 e. The lowest BCUT2D eigenvalue weighted by Gasteiger charge is -2.17. The molecule has 0 heterocycles. The minimum atomic E-state index is -4.61. The van der Waals surface area contributed by atoms with Gasteiger partial charge in [0.1, 0.15) is 5.75 Å². The van der Waals surface area contributed by atoms with Gasteiger partial charge in [-0.15, -0.1) is 0 Å². The average molecular weight is 318 g/mol. The number of halogens is 4. The lowest BCUT2D eigenvalue weighted by Crippen LogP contribution is -2.33. The van der Waals surface area contributed by atoms with Gasteiger partial charge in [-0.1, -0.05) is 6.07 Å². The van der Waals surface area contributed by atoms with E-state index >= 15 is 0 Å². The first-order valence-electron chi connectivity index (χ1n) is 6.69. The molecule has 1 saturated carbocycles. The van der Waals surface area contributed by atoms with Crippen LogP contribution in [0.25, 0.3) is 0 Å². The Labute approximate surface area is 124 Å². The highest BCUT2D eigenvalue weighted by Gasteiger charge is 2.44. The maximum atomic E-state index is 12.8. The van der Waals surface area contributed by atoms with Crippen LogP contribution >= 0.6 is 0 Å². The number of benzene rings is 1. The zero-order valence-electron chi connectivity index (χ0n) is 11.5. The maximum absolute atomic E-state index is 12.8. The molecule has 8 heteroatoms. The second-order valence-electron chi connectivity index (χ2n) is 4.82. The molecule has 0 spiro atoms. The van der Waals surface area contributed by atoms with E-state index in [0.29, 0.717) is 0 Å². The first-order chi connectivity index (χ1) is 10.4. The third kappa shape index (κ3) is 4.19. The Morgan fingerprint density at radius 2 is 1.95 bits per heavy atom. The third-order valence-corrected chi connectivity index (χ3v) is 3.10. The molecule has 1 aromatic rings. The Kier molecular flexibility index (Phi) is 4.99. The molecule has 0 atom stereocenters. The van der Waals surface area contributed by atoms with E-state index in [1.807, 2.05) is 0 Å². The highest BCUT2D eigenvalue weighted by molar-refractivity contribution is 5.96. The molecule has 0 bridgehead atoms. The molecule has 1 amide bonds. The van der Waals surface area contributed by atoms with Gasteiger partial charge in [-0.05, 0) is 43.9 Å². The minimum absolute atomic E-state index is 0.00934. The number of carbonyl (C=O) groups excluding carboxylic acids is 1. The number of ether oxygens (including phenoxy) is 1. The summed E-state index contributed by atoms with van der Waals surface area (Å²) in [6, 6.07) is 4.63. The molecule has 0 aromatic heterocycles. The number of alkyl halides is 4. The van der Waals surface area contributed by atoms with Gasteiger partial charge in [-0.25, -0.2) is 5.43 Å². The zero-order chi connectivity index (χ0) is 16.2. The van der Waals surface area contributed by atoms with Crippen LogP contribution in [-0.2, 0) is 0 Å². The van der Waals surface area contributed by atoms with Gasteiger partial charge in [0.2, 0.25) is 0 Å². The van der Waals surface area contributed by atoms with E-state index in [4.69, 9.17) is 0 Å². The third-order valence-electron chi connectivity index (χ3n) is 3.10. The summed E-state index contributed by atoms with van der Waals surface area (Å²) < 4.78 is 53.7. The number of amides is 1. The first kappa shape index (κ1) is 16.3. The Bertz CT molecular complexity index is 568.